The lowest BCUT2D eigenvalue weighted by atomic mass is 10.0. The van der Waals surface area contributed by atoms with Gasteiger partial charge in [0.25, 0.3) is 5.91 Å². The Labute approximate surface area is 144 Å². The molecule has 1 aromatic heterocycles. The number of hydrogen-bond acceptors (Lipinski definition) is 4. The second kappa shape index (κ2) is 6.43. The van der Waals surface area contributed by atoms with Gasteiger partial charge in [0.2, 0.25) is 0 Å². The van der Waals surface area contributed by atoms with E-state index in [4.69, 9.17) is 0 Å². The average molecular weight is 339 g/mol. The fraction of sp³-hybridized carbons (Fsp3) is 0.222. The molecule has 0 bridgehead atoms. The average Bonchev–Trinajstić information content (AvgIpc) is 3.11. The maximum atomic E-state index is 14.3. The van der Waals surface area contributed by atoms with Gasteiger partial charge in [-0.25, -0.2) is 9.37 Å². The van der Waals surface area contributed by atoms with Crippen LogP contribution in [0.1, 0.15) is 21.7 Å². The van der Waals surface area contributed by atoms with E-state index in [1.807, 2.05) is 23.0 Å². The fourth-order valence-corrected chi connectivity index (χ4v) is 3.09. The van der Waals surface area contributed by atoms with Gasteiger partial charge in [0.15, 0.2) is 0 Å². The number of allylic oxidation sites excluding steroid dienone is 2. The quantitative estimate of drug-likeness (QED) is 0.894. The molecular formula is C18H18FN5O. The zero-order valence-electron chi connectivity index (χ0n) is 13.6. The molecule has 4 rings (SSSR count). The van der Waals surface area contributed by atoms with Crippen LogP contribution in [-0.4, -0.2) is 26.9 Å². The number of halogens is 1. The van der Waals surface area contributed by atoms with Crippen molar-refractivity contribution in [3.8, 4) is 0 Å². The predicted octanol–water partition coefficient (Wildman–Crippen LogP) is 1.73. The zero-order chi connectivity index (χ0) is 17.2. The number of amides is 1. The molecule has 6 nitrogen and oxygen atoms in total. The predicted molar refractivity (Wildman–Crippen MR) is 90.6 cm³/mol. The summed E-state index contributed by atoms with van der Waals surface area (Å²) in [5.41, 5.74) is 7.81. The number of hydrogen-bond donors (Lipinski definition) is 2. The highest BCUT2D eigenvalue weighted by atomic mass is 19.1. The van der Waals surface area contributed by atoms with Crippen molar-refractivity contribution in [3.05, 3.63) is 77.4 Å². The molecule has 0 fully saturated rings. The molecule has 0 radical (unpaired) electrons. The number of rotatable bonds is 3. The normalized spacial score (nSPS) is 15.9. The van der Waals surface area contributed by atoms with Crippen LogP contribution in [0.15, 0.2) is 54.6 Å². The van der Waals surface area contributed by atoms with Crippen LogP contribution < -0.4 is 10.9 Å². The molecule has 0 spiro atoms. The van der Waals surface area contributed by atoms with E-state index in [-0.39, 0.29) is 11.5 Å². The smallest absolute Gasteiger partial charge is 0.257 e. The van der Waals surface area contributed by atoms with Crippen LogP contribution in [0.4, 0.5) is 4.39 Å². The minimum atomic E-state index is -0.490. The van der Waals surface area contributed by atoms with Gasteiger partial charge < -0.3 is 20.3 Å². The minimum absolute atomic E-state index is 0.115. The maximum absolute atomic E-state index is 14.3. The Hall–Kier alpha value is -3.09. The van der Waals surface area contributed by atoms with Crippen LogP contribution in [0, 0.1) is 5.82 Å². The third-order valence-corrected chi connectivity index (χ3v) is 4.42. The number of carbonyl (C=O) groups is 1. The highest BCUT2D eigenvalue weighted by Crippen LogP contribution is 2.19. The number of aromatic nitrogens is 2. The maximum Gasteiger partial charge on any atom is 0.257 e. The molecule has 1 amide bonds. The first-order valence-electron chi connectivity index (χ1n) is 8.15. The largest absolute Gasteiger partial charge is 0.332 e. The molecule has 7 heteroatoms. The van der Waals surface area contributed by atoms with Crippen molar-refractivity contribution in [1.82, 2.24) is 25.3 Å². The third-order valence-electron chi connectivity index (χ3n) is 4.42. The standard InChI is InChI=1S/C18H18FN5O/c19-16-2-1-13(9-14-3-4-21-22-11-14)10-15(16)18(25)24-8-7-23-6-5-20-17(23)12-24/h1-6,10-11,21-22H,7-9,12H2. The molecule has 3 heterocycles. The monoisotopic (exact) mass is 339 g/mol. The summed E-state index contributed by atoms with van der Waals surface area (Å²) in [6.07, 6.45) is 9.81. The van der Waals surface area contributed by atoms with E-state index in [0.717, 1.165) is 17.0 Å². The lowest BCUT2D eigenvalue weighted by molar-refractivity contribution is 0.0702. The first-order chi connectivity index (χ1) is 12.2. The van der Waals surface area contributed by atoms with E-state index in [1.165, 1.54) is 6.07 Å². The number of fused-ring (bicyclic) bond motifs is 1. The van der Waals surface area contributed by atoms with Gasteiger partial charge in [0, 0.05) is 37.9 Å². The van der Waals surface area contributed by atoms with Crippen molar-refractivity contribution >= 4 is 5.91 Å². The fourth-order valence-electron chi connectivity index (χ4n) is 3.09. The van der Waals surface area contributed by atoms with Gasteiger partial charge in [-0.1, -0.05) is 6.07 Å². The van der Waals surface area contributed by atoms with Crippen molar-refractivity contribution in [2.75, 3.05) is 6.54 Å². The Morgan fingerprint density at radius 2 is 2.20 bits per heavy atom. The molecule has 2 aliphatic rings. The second-order valence-corrected chi connectivity index (χ2v) is 6.10. The van der Waals surface area contributed by atoms with E-state index >= 15 is 0 Å². The van der Waals surface area contributed by atoms with E-state index in [9.17, 15) is 9.18 Å². The molecule has 0 saturated heterocycles. The number of hydrazine groups is 1. The molecule has 25 heavy (non-hydrogen) atoms. The second-order valence-electron chi connectivity index (χ2n) is 6.10. The lowest BCUT2D eigenvalue weighted by Crippen LogP contribution is -2.38. The lowest BCUT2D eigenvalue weighted by Gasteiger charge is -2.28. The van der Waals surface area contributed by atoms with Gasteiger partial charge in [-0.05, 0) is 35.8 Å². The molecule has 2 N–H and O–H groups in total. The summed E-state index contributed by atoms with van der Waals surface area (Å²) in [5.74, 6) is 0.0458. The number of benzene rings is 1. The topological polar surface area (TPSA) is 62.2 Å². The summed E-state index contributed by atoms with van der Waals surface area (Å²) in [6.45, 7) is 1.63. The van der Waals surface area contributed by atoms with Gasteiger partial charge >= 0.3 is 0 Å². The van der Waals surface area contributed by atoms with Gasteiger partial charge in [0.1, 0.15) is 11.6 Å². The summed E-state index contributed by atoms with van der Waals surface area (Å²) < 4.78 is 16.3. The zero-order valence-corrected chi connectivity index (χ0v) is 13.6. The van der Waals surface area contributed by atoms with Crippen molar-refractivity contribution in [1.29, 1.82) is 0 Å². The molecular weight excluding hydrogens is 321 g/mol. The van der Waals surface area contributed by atoms with Gasteiger partial charge in [-0.15, -0.1) is 0 Å². The van der Waals surface area contributed by atoms with E-state index < -0.39 is 5.82 Å². The van der Waals surface area contributed by atoms with Crippen molar-refractivity contribution in [2.45, 2.75) is 19.5 Å². The number of carbonyl (C=O) groups excluding carboxylic acids is 1. The molecule has 1 aromatic carbocycles. The third kappa shape index (κ3) is 3.13. The molecule has 0 aliphatic carbocycles. The summed E-state index contributed by atoms with van der Waals surface area (Å²) in [7, 11) is 0. The Kier molecular flexibility index (Phi) is 3.97. The Morgan fingerprint density at radius 1 is 1.28 bits per heavy atom. The van der Waals surface area contributed by atoms with E-state index in [2.05, 4.69) is 15.8 Å². The highest BCUT2D eigenvalue weighted by Gasteiger charge is 2.24. The Morgan fingerprint density at radius 3 is 3.04 bits per heavy atom. The van der Waals surface area contributed by atoms with Gasteiger partial charge in [0.05, 0.1) is 12.1 Å². The van der Waals surface area contributed by atoms with Crippen LogP contribution in [0.5, 0.6) is 0 Å². The molecule has 2 aromatic rings. The number of nitrogens with one attached hydrogen (secondary N) is 2. The molecule has 0 unspecified atom stereocenters. The molecule has 128 valence electrons. The number of imidazole rings is 1. The highest BCUT2D eigenvalue weighted by molar-refractivity contribution is 5.94. The number of nitrogens with zero attached hydrogens (tertiary/aromatic N) is 3. The van der Waals surface area contributed by atoms with Crippen LogP contribution in [0.2, 0.25) is 0 Å². The summed E-state index contributed by atoms with van der Waals surface area (Å²) in [6, 6.07) is 4.73. The van der Waals surface area contributed by atoms with E-state index in [1.54, 1.807) is 29.4 Å². The summed E-state index contributed by atoms with van der Waals surface area (Å²) in [4.78, 5) is 18.7. The van der Waals surface area contributed by atoms with Crippen LogP contribution >= 0.6 is 0 Å². The summed E-state index contributed by atoms with van der Waals surface area (Å²) in [5, 5.41) is 0. The van der Waals surface area contributed by atoms with Crippen molar-refractivity contribution in [3.63, 3.8) is 0 Å². The van der Waals surface area contributed by atoms with Crippen LogP contribution in [0.3, 0.4) is 0 Å². The molecule has 0 atom stereocenters. The van der Waals surface area contributed by atoms with Crippen LogP contribution in [-0.2, 0) is 19.5 Å². The molecule has 0 saturated carbocycles. The van der Waals surface area contributed by atoms with Gasteiger partial charge in [-0.3, -0.25) is 4.79 Å². The van der Waals surface area contributed by atoms with Crippen LogP contribution in [0.25, 0.3) is 0 Å². The van der Waals surface area contributed by atoms with Crippen molar-refractivity contribution in [2.24, 2.45) is 0 Å². The van der Waals surface area contributed by atoms with E-state index in [0.29, 0.717) is 26.1 Å². The Bertz CT molecular complexity index is 870. The molecule has 2 aliphatic heterocycles. The minimum Gasteiger partial charge on any atom is -0.332 e. The van der Waals surface area contributed by atoms with Gasteiger partial charge in [-0.2, -0.15) is 0 Å². The van der Waals surface area contributed by atoms with Crippen molar-refractivity contribution < 1.29 is 9.18 Å². The summed E-state index contributed by atoms with van der Waals surface area (Å²) >= 11 is 0. The Balaban J connectivity index is 1.55. The SMILES string of the molecule is O=C(c1cc(CC2=CNNC=C2)ccc1F)N1CCn2ccnc2C1. The first kappa shape index (κ1) is 15.4. The first-order valence-corrected chi connectivity index (χ1v) is 8.15.